The van der Waals surface area contributed by atoms with Crippen LogP contribution in [0.25, 0.3) is 0 Å². The molecule has 0 aliphatic rings. The molecule has 0 aliphatic heterocycles. The van der Waals surface area contributed by atoms with Gasteiger partial charge >= 0.3 is 0 Å². The summed E-state index contributed by atoms with van der Waals surface area (Å²) in [6.07, 6.45) is 0.852. The Kier molecular flexibility index (Phi) is 8.05. The van der Waals surface area contributed by atoms with Gasteiger partial charge in [0.1, 0.15) is 5.75 Å². The van der Waals surface area contributed by atoms with E-state index in [0.29, 0.717) is 24.4 Å². The highest BCUT2D eigenvalue weighted by atomic mass is 16.5. The Hall–Kier alpha value is -3.80. The van der Waals surface area contributed by atoms with Crippen LogP contribution in [-0.2, 0) is 11.2 Å². The van der Waals surface area contributed by atoms with Crippen molar-refractivity contribution >= 4 is 23.2 Å². The molecule has 0 aliphatic carbocycles. The van der Waals surface area contributed by atoms with Gasteiger partial charge < -0.3 is 20.7 Å². The van der Waals surface area contributed by atoms with Gasteiger partial charge in [0.05, 0.1) is 13.2 Å². The van der Waals surface area contributed by atoms with Crippen LogP contribution >= 0.6 is 0 Å². The number of hydrogen-bond acceptors (Lipinski definition) is 4. The molecule has 0 atom stereocenters. The Bertz CT molecular complexity index is 971. The fourth-order valence-corrected chi connectivity index (χ4v) is 2.96. The van der Waals surface area contributed by atoms with Crippen molar-refractivity contribution in [3.63, 3.8) is 0 Å². The van der Waals surface area contributed by atoms with Crippen LogP contribution in [0.1, 0.15) is 22.8 Å². The summed E-state index contributed by atoms with van der Waals surface area (Å²) in [5, 5.41) is 8.63. The SMILES string of the molecule is CCNC(=O)c1ccc(NC(=O)CNc2ccc(OCCc3ccccc3)cc2)cc1. The molecule has 6 nitrogen and oxygen atoms in total. The predicted molar refractivity (Wildman–Crippen MR) is 124 cm³/mol. The van der Waals surface area contributed by atoms with Gasteiger partial charge in [-0.05, 0) is 61.0 Å². The number of hydrogen-bond donors (Lipinski definition) is 3. The van der Waals surface area contributed by atoms with Crippen LogP contribution < -0.4 is 20.7 Å². The molecule has 160 valence electrons. The summed E-state index contributed by atoms with van der Waals surface area (Å²) < 4.78 is 5.78. The first-order valence-electron chi connectivity index (χ1n) is 10.3. The topological polar surface area (TPSA) is 79.5 Å². The van der Waals surface area contributed by atoms with E-state index in [-0.39, 0.29) is 18.4 Å². The molecule has 0 bridgehead atoms. The monoisotopic (exact) mass is 417 g/mol. The van der Waals surface area contributed by atoms with Crippen molar-refractivity contribution < 1.29 is 14.3 Å². The number of rotatable bonds is 10. The standard InChI is InChI=1S/C25H27N3O3/c1-2-26-25(30)20-8-10-22(11-9-20)28-24(29)18-27-21-12-14-23(15-13-21)31-17-16-19-6-4-3-5-7-19/h3-15,27H,2,16-18H2,1H3,(H,26,30)(H,28,29). The van der Waals surface area contributed by atoms with Crippen LogP contribution in [0.5, 0.6) is 5.75 Å². The first-order chi connectivity index (χ1) is 15.1. The molecule has 3 aromatic rings. The van der Waals surface area contributed by atoms with Crippen molar-refractivity contribution in [2.75, 3.05) is 30.3 Å². The van der Waals surface area contributed by atoms with Gasteiger partial charge in [-0.15, -0.1) is 0 Å². The molecule has 0 fully saturated rings. The molecule has 2 amide bonds. The van der Waals surface area contributed by atoms with Gasteiger partial charge in [0, 0.05) is 29.9 Å². The summed E-state index contributed by atoms with van der Waals surface area (Å²) in [6.45, 7) is 3.18. The normalized spacial score (nSPS) is 10.2. The van der Waals surface area contributed by atoms with Crippen LogP contribution in [0.15, 0.2) is 78.9 Å². The second-order valence-electron chi connectivity index (χ2n) is 6.95. The van der Waals surface area contributed by atoms with Crippen molar-refractivity contribution in [1.29, 1.82) is 0 Å². The van der Waals surface area contributed by atoms with Gasteiger partial charge in [-0.3, -0.25) is 9.59 Å². The van der Waals surface area contributed by atoms with Gasteiger partial charge in [0.2, 0.25) is 5.91 Å². The maximum Gasteiger partial charge on any atom is 0.251 e. The lowest BCUT2D eigenvalue weighted by atomic mass is 10.2. The number of carbonyl (C=O) groups is 2. The van der Waals surface area contributed by atoms with Crippen LogP contribution in [0.3, 0.4) is 0 Å². The van der Waals surface area contributed by atoms with E-state index < -0.39 is 0 Å². The molecule has 3 aromatic carbocycles. The number of ether oxygens (including phenoxy) is 1. The van der Waals surface area contributed by atoms with E-state index in [1.165, 1.54) is 5.56 Å². The minimum Gasteiger partial charge on any atom is -0.493 e. The average molecular weight is 418 g/mol. The van der Waals surface area contributed by atoms with Crippen LogP contribution in [0.4, 0.5) is 11.4 Å². The minimum atomic E-state index is -0.172. The summed E-state index contributed by atoms with van der Waals surface area (Å²) in [5.41, 5.74) is 3.27. The predicted octanol–water partition coefficient (Wildman–Crippen LogP) is 4.11. The fraction of sp³-hybridized carbons (Fsp3) is 0.200. The molecule has 0 aromatic heterocycles. The summed E-state index contributed by atoms with van der Waals surface area (Å²) in [7, 11) is 0. The lowest BCUT2D eigenvalue weighted by Gasteiger charge is -2.10. The minimum absolute atomic E-state index is 0.130. The maximum absolute atomic E-state index is 12.2. The Morgan fingerprint density at radius 3 is 2.19 bits per heavy atom. The molecular formula is C25H27N3O3. The highest BCUT2D eigenvalue weighted by Gasteiger charge is 2.06. The number of amides is 2. The molecule has 3 rings (SSSR count). The number of nitrogens with one attached hydrogen (secondary N) is 3. The summed E-state index contributed by atoms with van der Waals surface area (Å²) in [6, 6.07) is 24.5. The number of anilines is 2. The smallest absolute Gasteiger partial charge is 0.251 e. The molecule has 0 saturated heterocycles. The van der Waals surface area contributed by atoms with E-state index >= 15 is 0 Å². The highest BCUT2D eigenvalue weighted by molar-refractivity contribution is 5.96. The zero-order valence-electron chi connectivity index (χ0n) is 17.6. The van der Waals surface area contributed by atoms with E-state index in [1.807, 2.05) is 49.4 Å². The third kappa shape index (κ3) is 7.19. The summed E-state index contributed by atoms with van der Waals surface area (Å²) >= 11 is 0. The average Bonchev–Trinajstić information content (AvgIpc) is 2.80. The first-order valence-corrected chi connectivity index (χ1v) is 10.3. The van der Waals surface area contributed by atoms with Gasteiger partial charge in [0.25, 0.3) is 5.91 Å². The Balaban J connectivity index is 1.40. The van der Waals surface area contributed by atoms with Crippen molar-refractivity contribution in [2.24, 2.45) is 0 Å². The van der Waals surface area contributed by atoms with Crippen molar-refractivity contribution in [2.45, 2.75) is 13.3 Å². The summed E-state index contributed by atoms with van der Waals surface area (Å²) in [5.74, 6) is 0.488. The molecule has 0 radical (unpaired) electrons. The van der Waals surface area contributed by atoms with Gasteiger partial charge in [-0.1, -0.05) is 30.3 Å². The summed E-state index contributed by atoms with van der Waals surface area (Å²) in [4.78, 5) is 23.9. The molecule has 0 saturated carbocycles. The van der Waals surface area contributed by atoms with Crippen molar-refractivity contribution in [3.8, 4) is 5.75 Å². The van der Waals surface area contributed by atoms with Crippen molar-refractivity contribution in [3.05, 3.63) is 90.0 Å². The molecule has 0 unspecified atom stereocenters. The molecule has 31 heavy (non-hydrogen) atoms. The van der Waals surface area contributed by atoms with E-state index in [9.17, 15) is 9.59 Å². The zero-order chi connectivity index (χ0) is 21.9. The largest absolute Gasteiger partial charge is 0.493 e. The lowest BCUT2D eigenvalue weighted by molar-refractivity contribution is -0.114. The molecule has 3 N–H and O–H groups in total. The highest BCUT2D eigenvalue weighted by Crippen LogP contribution is 2.16. The van der Waals surface area contributed by atoms with Crippen LogP contribution in [0, 0.1) is 0 Å². The van der Waals surface area contributed by atoms with Gasteiger partial charge in [-0.2, -0.15) is 0 Å². The second-order valence-corrected chi connectivity index (χ2v) is 6.95. The molecule has 0 spiro atoms. The van der Waals surface area contributed by atoms with Crippen LogP contribution in [-0.4, -0.2) is 31.5 Å². The quantitative estimate of drug-likeness (QED) is 0.464. The van der Waals surface area contributed by atoms with E-state index in [1.54, 1.807) is 24.3 Å². The first kappa shape index (κ1) is 21.9. The second kappa shape index (κ2) is 11.4. The number of benzene rings is 3. The van der Waals surface area contributed by atoms with Gasteiger partial charge in [0.15, 0.2) is 0 Å². The van der Waals surface area contributed by atoms with E-state index in [0.717, 1.165) is 17.9 Å². The molecule has 6 heteroatoms. The Morgan fingerprint density at radius 2 is 1.52 bits per heavy atom. The Morgan fingerprint density at radius 1 is 0.839 bits per heavy atom. The van der Waals surface area contributed by atoms with E-state index in [2.05, 4.69) is 28.1 Å². The van der Waals surface area contributed by atoms with E-state index in [4.69, 9.17) is 4.74 Å². The number of carbonyl (C=O) groups excluding carboxylic acids is 2. The third-order valence-electron chi connectivity index (χ3n) is 4.58. The fourth-order valence-electron chi connectivity index (χ4n) is 2.96. The molecular weight excluding hydrogens is 390 g/mol. The lowest BCUT2D eigenvalue weighted by Crippen LogP contribution is -2.23. The van der Waals surface area contributed by atoms with Crippen LogP contribution in [0.2, 0.25) is 0 Å². The third-order valence-corrected chi connectivity index (χ3v) is 4.58. The zero-order valence-corrected chi connectivity index (χ0v) is 17.6. The molecule has 0 heterocycles. The van der Waals surface area contributed by atoms with Gasteiger partial charge in [-0.25, -0.2) is 0 Å². The maximum atomic E-state index is 12.2. The van der Waals surface area contributed by atoms with Crippen molar-refractivity contribution in [1.82, 2.24) is 5.32 Å². The Labute approximate surface area is 182 Å².